The summed E-state index contributed by atoms with van der Waals surface area (Å²) in [6.07, 6.45) is 4.91. The van der Waals surface area contributed by atoms with Gasteiger partial charge in [-0.3, -0.25) is 14.1 Å². The number of imidazole rings is 1. The van der Waals surface area contributed by atoms with E-state index in [4.69, 9.17) is 4.98 Å². The molecule has 0 N–H and O–H groups in total. The van der Waals surface area contributed by atoms with Gasteiger partial charge in [0.05, 0.1) is 22.7 Å². The topological polar surface area (TPSA) is 59.2 Å². The molecule has 0 radical (unpaired) electrons. The van der Waals surface area contributed by atoms with Gasteiger partial charge in [-0.1, -0.05) is 6.07 Å². The molecule has 1 aromatic carbocycles. The van der Waals surface area contributed by atoms with Gasteiger partial charge in [-0.2, -0.15) is 0 Å². The number of aryl methyl sites for hydroxylation is 1. The Labute approximate surface area is 187 Å². The Morgan fingerprint density at radius 3 is 2.50 bits per heavy atom. The third-order valence-corrected chi connectivity index (χ3v) is 6.73. The minimum absolute atomic E-state index is 0.0117. The van der Waals surface area contributed by atoms with Gasteiger partial charge in [-0.05, 0) is 64.2 Å². The maximum atomic E-state index is 12.8. The SMILES string of the molecule is CC(C)n1c(=O)n(C)c2cnc3ccc(-c4ccc(N5CC[C@H](N(C)C)C5)nc4)cc3c21. The first-order valence-electron chi connectivity index (χ1n) is 11.2. The first kappa shape index (κ1) is 20.7. The summed E-state index contributed by atoms with van der Waals surface area (Å²) in [6, 6.07) is 11.1. The second-order valence-electron chi connectivity index (χ2n) is 9.29. The van der Waals surface area contributed by atoms with Crippen molar-refractivity contribution in [3.05, 3.63) is 53.2 Å². The molecule has 1 aliphatic heterocycles. The molecular formula is C25H30N6O. The molecule has 1 fully saturated rings. The molecule has 4 aromatic rings. The average molecular weight is 431 g/mol. The van der Waals surface area contributed by atoms with Crippen LogP contribution < -0.4 is 10.6 Å². The van der Waals surface area contributed by atoms with Crippen LogP contribution in [0.2, 0.25) is 0 Å². The van der Waals surface area contributed by atoms with E-state index in [0.29, 0.717) is 6.04 Å². The zero-order chi connectivity index (χ0) is 22.6. The molecule has 0 unspecified atom stereocenters. The predicted octanol–water partition coefficient (Wildman–Crippen LogP) is 3.67. The molecule has 5 rings (SSSR count). The molecule has 0 spiro atoms. The van der Waals surface area contributed by atoms with Gasteiger partial charge in [0, 0.05) is 49.4 Å². The van der Waals surface area contributed by atoms with E-state index in [2.05, 4.69) is 53.1 Å². The summed E-state index contributed by atoms with van der Waals surface area (Å²) in [7, 11) is 6.09. The molecular weight excluding hydrogens is 400 g/mol. The lowest BCUT2D eigenvalue weighted by Gasteiger charge is -2.21. The normalized spacial score (nSPS) is 16.8. The van der Waals surface area contributed by atoms with E-state index in [1.165, 1.54) is 6.42 Å². The second kappa shape index (κ2) is 7.74. The maximum Gasteiger partial charge on any atom is 0.329 e. The fourth-order valence-corrected chi connectivity index (χ4v) is 4.80. The van der Waals surface area contributed by atoms with E-state index >= 15 is 0 Å². The van der Waals surface area contributed by atoms with Crippen molar-refractivity contribution in [3.8, 4) is 11.1 Å². The number of nitrogens with zero attached hydrogens (tertiary/aromatic N) is 6. The van der Waals surface area contributed by atoms with Crippen LogP contribution in [0.15, 0.2) is 47.5 Å². The quantitative estimate of drug-likeness (QED) is 0.494. The number of fused-ring (bicyclic) bond motifs is 3. The lowest BCUT2D eigenvalue weighted by Crippen LogP contribution is -2.31. The van der Waals surface area contributed by atoms with Gasteiger partial charge < -0.3 is 9.80 Å². The molecule has 0 amide bonds. The van der Waals surface area contributed by atoms with Gasteiger partial charge in [0.2, 0.25) is 0 Å². The van der Waals surface area contributed by atoms with Gasteiger partial charge in [-0.15, -0.1) is 0 Å². The number of hydrogen-bond donors (Lipinski definition) is 0. The first-order valence-corrected chi connectivity index (χ1v) is 11.2. The maximum absolute atomic E-state index is 12.8. The van der Waals surface area contributed by atoms with Crippen molar-refractivity contribution < 1.29 is 0 Å². The van der Waals surface area contributed by atoms with Gasteiger partial charge in [0.1, 0.15) is 5.82 Å². The van der Waals surface area contributed by atoms with E-state index in [9.17, 15) is 4.79 Å². The summed E-state index contributed by atoms with van der Waals surface area (Å²) in [5.74, 6) is 1.03. The highest BCUT2D eigenvalue weighted by molar-refractivity contribution is 6.04. The van der Waals surface area contributed by atoms with E-state index in [-0.39, 0.29) is 11.7 Å². The van der Waals surface area contributed by atoms with Crippen LogP contribution in [0.25, 0.3) is 33.1 Å². The largest absolute Gasteiger partial charge is 0.355 e. The van der Waals surface area contributed by atoms with Crippen LogP contribution in [0.1, 0.15) is 26.3 Å². The highest BCUT2D eigenvalue weighted by atomic mass is 16.1. The third-order valence-electron chi connectivity index (χ3n) is 6.73. The third kappa shape index (κ3) is 3.28. The number of rotatable bonds is 4. The predicted molar refractivity (Wildman–Crippen MR) is 130 cm³/mol. The minimum Gasteiger partial charge on any atom is -0.355 e. The number of likely N-dealkylation sites (N-methyl/N-ethyl adjacent to an activating group) is 1. The van der Waals surface area contributed by atoms with Crippen LogP contribution in [0.5, 0.6) is 0 Å². The fraction of sp³-hybridized carbons (Fsp3) is 0.400. The minimum atomic E-state index is -0.0117. The van der Waals surface area contributed by atoms with Crippen molar-refractivity contribution in [2.75, 3.05) is 32.1 Å². The Hall–Kier alpha value is -3.19. The number of anilines is 1. The van der Waals surface area contributed by atoms with Crippen molar-refractivity contribution in [3.63, 3.8) is 0 Å². The fourth-order valence-electron chi connectivity index (χ4n) is 4.80. The second-order valence-corrected chi connectivity index (χ2v) is 9.29. The van der Waals surface area contributed by atoms with Crippen LogP contribution in [-0.2, 0) is 7.05 Å². The Balaban J connectivity index is 1.56. The number of hydrogen-bond acceptors (Lipinski definition) is 5. The van der Waals surface area contributed by atoms with Crippen LogP contribution in [0, 0.1) is 0 Å². The van der Waals surface area contributed by atoms with Crippen LogP contribution in [-0.4, -0.2) is 57.2 Å². The van der Waals surface area contributed by atoms with E-state index < -0.39 is 0 Å². The molecule has 0 saturated carbocycles. The molecule has 0 aliphatic carbocycles. The van der Waals surface area contributed by atoms with Crippen LogP contribution >= 0.6 is 0 Å². The number of benzene rings is 1. The molecule has 1 aliphatic rings. The summed E-state index contributed by atoms with van der Waals surface area (Å²) in [6.45, 7) is 6.13. The average Bonchev–Trinajstić information content (AvgIpc) is 3.38. The number of pyridine rings is 2. The molecule has 0 bridgehead atoms. The summed E-state index contributed by atoms with van der Waals surface area (Å²) in [5.41, 5.74) is 4.80. The van der Waals surface area contributed by atoms with E-state index in [1.54, 1.807) is 10.8 Å². The summed E-state index contributed by atoms with van der Waals surface area (Å²) >= 11 is 0. The molecule has 7 nitrogen and oxygen atoms in total. The Kier molecular flexibility index (Phi) is 5.01. The zero-order valence-corrected chi connectivity index (χ0v) is 19.4. The summed E-state index contributed by atoms with van der Waals surface area (Å²) in [4.78, 5) is 26.9. The lowest BCUT2D eigenvalue weighted by atomic mass is 10.0. The zero-order valence-electron chi connectivity index (χ0n) is 19.4. The highest BCUT2D eigenvalue weighted by Crippen LogP contribution is 2.30. The van der Waals surface area contributed by atoms with Crippen molar-refractivity contribution in [2.45, 2.75) is 32.4 Å². The molecule has 1 saturated heterocycles. The monoisotopic (exact) mass is 430 g/mol. The van der Waals surface area contributed by atoms with Crippen molar-refractivity contribution in [2.24, 2.45) is 7.05 Å². The summed E-state index contributed by atoms with van der Waals surface area (Å²) in [5, 5.41) is 0.990. The molecule has 1 atom stereocenters. The molecule has 166 valence electrons. The molecule has 3 aromatic heterocycles. The highest BCUT2D eigenvalue weighted by Gasteiger charge is 2.24. The molecule has 32 heavy (non-hydrogen) atoms. The number of aromatic nitrogens is 4. The molecule has 4 heterocycles. The molecule has 7 heteroatoms. The first-order chi connectivity index (χ1) is 15.3. The standard InChI is InChI=1S/C25H30N6O/c1-16(2)31-24-20-12-17(6-8-21(20)26-14-22(24)29(5)25(31)32)18-7-9-23(27-13-18)30-11-10-19(15-30)28(3)4/h6-9,12-14,16,19H,10-11,15H2,1-5H3/t19-/m0/s1. The Morgan fingerprint density at radius 2 is 1.84 bits per heavy atom. The van der Waals surface area contributed by atoms with E-state index in [1.807, 2.05) is 37.7 Å². The van der Waals surface area contributed by atoms with Gasteiger partial charge in [-0.25, -0.2) is 9.78 Å². The van der Waals surface area contributed by atoms with Gasteiger partial charge in [0.15, 0.2) is 0 Å². The van der Waals surface area contributed by atoms with Crippen molar-refractivity contribution >= 4 is 27.8 Å². The smallest absolute Gasteiger partial charge is 0.329 e. The van der Waals surface area contributed by atoms with Crippen molar-refractivity contribution in [1.29, 1.82) is 0 Å². The van der Waals surface area contributed by atoms with Crippen LogP contribution in [0.4, 0.5) is 5.82 Å². The lowest BCUT2D eigenvalue weighted by molar-refractivity contribution is 0.315. The van der Waals surface area contributed by atoms with Crippen molar-refractivity contribution in [1.82, 2.24) is 24.0 Å². The Morgan fingerprint density at radius 1 is 1.06 bits per heavy atom. The Bertz CT molecular complexity index is 1350. The summed E-state index contributed by atoms with van der Waals surface area (Å²) < 4.78 is 3.54. The van der Waals surface area contributed by atoms with E-state index in [0.717, 1.165) is 52.0 Å². The van der Waals surface area contributed by atoms with Gasteiger partial charge in [0.25, 0.3) is 0 Å². The van der Waals surface area contributed by atoms with Crippen LogP contribution in [0.3, 0.4) is 0 Å². The van der Waals surface area contributed by atoms with Gasteiger partial charge >= 0.3 is 5.69 Å².